The molecule has 1 atom stereocenters. The molecule has 1 aliphatic carbocycles. The van der Waals surface area contributed by atoms with Crippen LogP contribution in [0.5, 0.6) is 5.75 Å². The number of hydrogen-bond donors (Lipinski definition) is 2. The van der Waals surface area contributed by atoms with Gasteiger partial charge in [0, 0.05) is 50.0 Å². The Morgan fingerprint density at radius 1 is 0.909 bits per heavy atom. The van der Waals surface area contributed by atoms with Crippen molar-refractivity contribution in [2.24, 2.45) is 0 Å². The van der Waals surface area contributed by atoms with E-state index in [2.05, 4.69) is 50.8 Å². The van der Waals surface area contributed by atoms with Gasteiger partial charge in [-0.1, -0.05) is 49.6 Å². The molecule has 2 fully saturated rings. The lowest BCUT2D eigenvalue weighted by molar-refractivity contribution is -0.119. The summed E-state index contributed by atoms with van der Waals surface area (Å²) in [6.07, 6.45) is 7.77. The molecule has 8 heteroatoms. The number of hydrogen-bond acceptors (Lipinski definition) is 6. The van der Waals surface area contributed by atoms with Crippen LogP contribution < -0.4 is 25.2 Å². The maximum absolute atomic E-state index is 13.2. The quantitative estimate of drug-likeness (QED) is 0.317. The minimum atomic E-state index is -0.200. The van der Waals surface area contributed by atoms with E-state index in [9.17, 15) is 9.59 Å². The first-order valence-electron chi connectivity index (χ1n) is 16.1. The highest BCUT2D eigenvalue weighted by atomic mass is 16.5. The first-order valence-corrected chi connectivity index (χ1v) is 16.1. The number of nitrogens with zero attached hydrogens (tertiary/aromatic N) is 3. The van der Waals surface area contributed by atoms with Gasteiger partial charge in [0.1, 0.15) is 11.8 Å². The number of carbonyl (C=O) groups excluding carboxylic acids is 2. The molecular formula is C36H45N5O3. The molecule has 3 aromatic rings. The Hall–Kier alpha value is -4.04. The van der Waals surface area contributed by atoms with Crippen molar-refractivity contribution < 1.29 is 14.3 Å². The van der Waals surface area contributed by atoms with Gasteiger partial charge in [-0.05, 0) is 74.6 Å². The van der Waals surface area contributed by atoms with Crippen molar-refractivity contribution in [1.82, 2.24) is 10.2 Å². The number of anilines is 4. The zero-order valence-electron chi connectivity index (χ0n) is 26.2. The second-order valence-corrected chi connectivity index (χ2v) is 12.5. The van der Waals surface area contributed by atoms with E-state index < -0.39 is 0 Å². The summed E-state index contributed by atoms with van der Waals surface area (Å²) in [5, 5.41) is 6.76. The van der Waals surface area contributed by atoms with Crippen LogP contribution in [0.1, 0.15) is 67.8 Å². The van der Waals surface area contributed by atoms with Crippen molar-refractivity contribution in [2.45, 2.75) is 76.5 Å². The van der Waals surface area contributed by atoms with Crippen LogP contribution in [0, 0.1) is 0 Å². The summed E-state index contributed by atoms with van der Waals surface area (Å²) < 4.78 is 5.73. The van der Waals surface area contributed by atoms with Gasteiger partial charge in [-0.3, -0.25) is 14.5 Å². The van der Waals surface area contributed by atoms with Crippen LogP contribution in [0.4, 0.5) is 22.7 Å². The van der Waals surface area contributed by atoms with Crippen LogP contribution in [0.2, 0.25) is 0 Å². The number of nitrogens with one attached hydrogen (secondary N) is 2. The van der Waals surface area contributed by atoms with Crippen molar-refractivity contribution in [3.05, 3.63) is 77.9 Å². The smallest absolute Gasteiger partial charge is 0.251 e. The normalized spacial score (nSPS) is 19.9. The van der Waals surface area contributed by atoms with Crippen LogP contribution in [-0.2, 0) is 11.3 Å². The van der Waals surface area contributed by atoms with Gasteiger partial charge in [0.15, 0.2) is 0 Å². The highest BCUT2D eigenvalue weighted by molar-refractivity contribution is 6.05. The number of carbonyl (C=O) groups is 2. The third kappa shape index (κ3) is 6.41. The number of methoxy groups -OCH3 is 1. The Balaban J connectivity index is 1.12. The van der Waals surface area contributed by atoms with Crippen molar-refractivity contribution in [1.29, 1.82) is 0 Å². The van der Waals surface area contributed by atoms with Gasteiger partial charge in [0.25, 0.3) is 5.91 Å². The standard InChI is InChI=1S/C36H45N5O3/c1-25-36(43)39(2)32-17-15-29(23-33(32)41(25)30-12-8-5-9-13-30)37-31-16-14-27(22-34(31)44-3)35(42)38-28-18-20-40(21-19-28)24-26-10-6-4-7-11-26/h4,6-7,10-11,14-17,22-23,25,28,30,37H,5,8-9,12-13,18-21,24H2,1-3H3,(H,38,42)/t25-/m1/s1. The average Bonchev–Trinajstić information content (AvgIpc) is 3.06. The number of benzene rings is 3. The van der Waals surface area contributed by atoms with E-state index in [1.54, 1.807) is 12.0 Å². The van der Waals surface area contributed by atoms with Crippen molar-refractivity contribution in [3.63, 3.8) is 0 Å². The fourth-order valence-electron chi connectivity index (χ4n) is 7.13. The van der Waals surface area contributed by atoms with Crippen molar-refractivity contribution >= 4 is 34.6 Å². The van der Waals surface area contributed by atoms with Crippen LogP contribution in [0.3, 0.4) is 0 Å². The van der Waals surface area contributed by atoms with E-state index in [-0.39, 0.29) is 23.9 Å². The molecule has 3 aromatic carbocycles. The molecule has 2 heterocycles. The summed E-state index contributed by atoms with van der Waals surface area (Å²) in [5.41, 5.74) is 5.63. The monoisotopic (exact) mass is 595 g/mol. The van der Waals surface area contributed by atoms with E-state index in [1.807, 2.05) is 50.4 Å². The molecule has 2 aliphatic heterocycles. The third-order valence-corrected chi connectivity index (χ3v) is 9.60. The molecule has 3 aliphatic rings. The number of piperidine rings is 1. The number of likely N-dealkylation sites (N-methyl/N-ethyl adjacent to an activating group) is 1. The molecule has 232 valence electrons. The topological polar surface area (TPSA) is 77.1 Å². The van der Waals surface area contributed by atoms with Crippen LogP contribution in [0.25, 0.3) is 0 Å². The summed E-state index contributed by atoms with van der Waals surface area (Å²) in [5.74, 6) is 0.671. The van der Waals surface area contributed by atoms with E-state index in [4.69, 9.17) is 4.74 Å². The summed E-state index contributed by atoms with van der Waals surface area (Å²) >= 11 is 0. The highest BCUT2D eigenvalue weighted by Gasteiger charge is 2.37. The Kier molecular flexibility index (Phi) is 9.07. The van der Waals surface area contributed by atoms with Gasteiger partial charge in [0.2, 0.25) is 5.91 Å². The summed E-state index contributed by atoms with van der Waals surface area (Å²) in [6, 6.07) is 22.6. The Morgan fingerprint density at radius 3 is 2.39 bits per heavy atom. The number of ether oxygens (including phenoxy) is 1. The van der Waals surface area contributed by atoms with E-state index in [0.717, 1.165) is 68.1 Å². The summed E-state index contributed by atoms with van der Waals surface area (Å²) in [6.45, 7) is 4.91. The maximum Gasteiger partial charge on any atom is 0.251 e. The molecule has 0 aromatic heterocycles. The minimum Gasteiger partial charge on any atom is -0.495 e. The molecule has 44 heavy (non-hydrogen) atoms. The van der Waals surface area contributed by atoms with Gasteiger partial charge < -0.3 is 25.2 Å². The molecule has 1 saturated heterocycles. The Morgan fingerprint density at radius 2 is 1.66 bits per heavy atom. The Labute approximate surface area is 261 Å². The zero-order valence-corrected chi connectivity index (χ0v) is 26.2. The molecule has 1 saturated carbocycles. The van der Waals surface area contributed by atoms with Gasteiger partial charge in [0.05, 0.1) is 24.2 Å². The van der Waals surface area contributed by atoms with Gasteiger partial charge in [-0.15, -0.1) is 0 Å². The molecule has 2 N–H and O–H groups in total. The van der Waals surface area contributed by atoms with E-state index in [0.29, 0.717) is 17.4 Å². The van der Waals surface area contributed by atoms with Gasteiger partial charge >= 0.3 is 0 Å². The highest BCUT2D eigenvalue weighted by Crippen LogP contribution is 2.42. The second kappa shape index (κ2) is 13.3. The fraction of sp³-hybridized carbons (Fsp3) is 0.444. The van der Waals surface area contributed by atoms with Gasteiger partial charge in [-0.25, -0.2) is 0 Å². The molecule has 0 bridgehead atoms. The first kappa shape index (κ1) is 30.0. The number of amides is 2. The molecular weight excluding hydrogens is 550 g/mol. The number of likely N-dealkylation sites (tertiary alicyclic amines) is 1. The second-order valence-electron chi connectivity index (χ2n) is 12.5. The molecule has 8 nitrogen and oxygen atoms in total. The minimum absolute atomic E-state index is 0.0741. The molecule has 2 amide bonds. The predicted octanol–water partition coefficient (Wildman–Crippen LogP) is 6.34. The van der Waals surface area contributed by atoms with E-state index in [1.165, 1.54) is 24.8 Å². The SMILES string of the molecule is COc1cc(C(=O)NC2CCN(Cc3ccccc3)CC2)ccc1Nc1ccc2c(c1)N(C1CCCCC1)[C@H](C)C(=O)N2C. The van der Waals surface area contributed by atoms with Crippen molar-refractivity contribution in [3.8, 4) is 5.75 Å². The lowest BCUT2D eigenvalue weighted by Gasteiger charge is -2.46. The van der Waals surface area contributed by atoms with Crippen LogP contribution in [-0.4, -0.2) is 62.1 Å². The van der Waals surface area contributed by atoms with Crippen molar-refractivity contribution in [2.75, 3.05) is 42.4 Å². The van der Waals surface area contributed by atoms with Crippen LogP contribution >= 0.6 is 0 Å². The Bertz CT molecular complexity index is 1460. The summed E-state index contributed by atoms with van der Waals surface area (Å²) in [4.78, 5) is 32.9. The first-order chi connectivity index (χ1) is 21.4. The van der Waals surface area contributed by atoms with Gasteiger partial charge in [-0.2, -0.15) is 0 Å². The molecule has 0 radical (unpaired) electrons. The number of fused-ring (bicyclic) bond motifs is 1. The fourth-order valence-corrected chi connectivity index (χ4v) is 7.13. The molecule has 0 unspecified atom stereocenters. The lowest BCUT2D eigenvalue weighted by atomic mass is 9.91. The average molecular weight is 596 g/mol. The summed E-state index contributed by atoms with van der Waals surface area (Å²) in [7, 11) is 3.49. The predicted molar refractivity (Wildman–Crippen MR) is 177 cm³/mol. The largest absolute Gasteiger partial charge is 0.495 e. The van der Waals surface area contributed by atoms with Crippen LogP contribution in [0.15, 0.2) is 66.7 Å². The molecule has 6 rings (SSSR count). The molecule has 0 spiro atoms. The van der Waals surface area contributed by atoms with E-state index >= 15 is 0 Å². The lowest BCUT2D eigenvalue weighted by Crippen LogP contribution is -2.55. The number of rotatable bonds is 8. The zero-order chi connectivity index (χ0) is 30.6. The third-order valence-electron chi connectivity index (χ3n) is 9.60. The maximum atomic E-state index is 13.2.